The van der Waals surface area contributed by atoms with Crippen molar-refractivity contribution in [3.8, 4) is 0 Å². The molecular weight excluding hydrogens is 280 g/mol. The smallest absolute Gasteiger partial charge is 0.0641 e. The molecule has 1 aromatic carbocycles. The van der Waals surface area contributed by atoms with Crippen LogP contribution in [0.5, 0.6) is 0 Å². The summed E-state index contributed by atoms with van der Waals surface area (Å²) in [4.78, 5) is 0. The van der Waals surface area contributed by atoms with Crippen LogP contribution in [0.25, 0.3) is 0 Å². The molecule has 2 aromatic rings. The third kappa shape index (κ3) is 3.20. The minimum Gasteiger partial charge on any atom is -0.392 e. The third-order valence-electron chi connectivity index (χ3n) is 4.66. The zero-order chi connectivity index (χ0) is 14.5. The molecule has 0 bridgehead atoms. The summed E-state index contributed by atoms with van der Waals surface area (Å²) in [7, 11) is 0. The monoisotopic (exact) mass is 302 g/mol. The summed E-state index contributed by atoms with van der Waals surface area (Å²) in [5, 5.41) is 15.2. The van der Waals surface area contributed by atoms with Crippen LogP contribution < -0.4 is 0 Å². The minimum atomic E-state index is -0.316. The molecule has 21 heavy (non-hydrogen) atoms. The molecule has 0 spiro atoms. The first-order chi connectivity index (χ1) is 10.3. The van der Waals surface area contributed by atoms with Crippen LogP contribution >= 0.6 is 11.3 Å². The fourth-order valence-corrected chi connectivity index (χ4v) is 4.04. The molecule has 1 aromatic heterocycles. The Labute approximate surface area is 130 Å². The van der Waals surface area contributed by atoms with Crippen LogP contribution in [0.2, 0.25) is 0 Å². The van der Waals surface area contributed by atoms with E-state index in [-0.39, 0.29) is 11.5 Å². The summed E-state index contributed by atoms with van der Waals surface area (Å²) < 4.78 is 5.54. The van der Waals surface area contributed by atoms with E-state index in [9.17, 15) is 5.11 Å². The summed E-state index contributed by atoms with van der Waals surface area (Å²) >= 11 is 1.72. The van der Waals surface area contributed by atoms with Crippen molar-refractivity contribution in [1.82, 2.24) is 0 Å². The van der Waals surface area contributed by atoms with Crippen molar-refractivity contribution in [3.63, 3.8) is 0 Å². The SMILES string of the molecule is OC(CCc1ccsc1)C1(c2ccccc2)CCOCC1. The van der Waals surface area contributed by atoms with Gasteiger partial charge in [-0.1, -0.05) is 30.3 Å². The highest BCUT2D eigenvalue weighted by Gasteiger charge is 2.40. The van der Waals surface area contributed by atoms with Gasteiger partial charge in [-0.25, -0.2) is 0 Å². The minimum absolute atomic E-state index is 0.143. The zero-order valence-electron chi connectivity index (χ0n) is 12.2. The van der Waals surface area contributed by atoms with E-state index in [0.29, 0.717) is 0 Å². The number of aliphatic hydroxyl groups is 1. The zero-order valence-corrected chi connectivity index (χ0v) is 13.0. The Hall–Kier alpha value is -1.16. The maximum Gasteiger partial charge on any atom is 0.0641 e. The number of ether oxygens (including phenoxy) is 1. The van der Waals surface area contributed by atoms with Gasteiger partial charge in [0.05, 0.1) is 6.10 Å². The van der Waals surface area contributed by atoms with Crippen molar-refractivity contribution >= 4 is 11.3 Å². The maximum atomic E-state index is 10.9. The van der Waals surface area contributed by atoms with E-state index in [4.69, 9.17) is 4.74 Å². The molecule has 1 aliphatic rings. The lowest BCUT2D eigenvalue weighted by atomic mass is 9.69. The number of aliphatic hydroxyl groups excluding tert-OH is 1. The Bertz CT molecular complexity index is 530. The average Bonchev–Trinajstić information content (AvgIpc) is 3.07. The van der Waals surface area contributed by atoms with E-state index in [2.05, 4.69) is 41.1 Å². The van der Waals surface area contributed by atoms with E-state index in [1.165, 1.54) is 11.1 Å². The summed E-state index contributed by atoms with van der Waals surface area (Å²) in [5.74, 6) is 0. The molecule has 1 saturated heterocycles. The summed E-state index contributed by atoms with van der Waals surface area (Å²) in [6, 6.07) is 12.6. The molecular formula is C18H22O2S. The lowest BCUT2D eigenvalue weighted by Gasteiger charge is -2.41. The van der Waals surface area contributed by atoms with Crippen molar-refractivity contribution in [2.45, 2.75) is 37.2 Å². The first-order valence-corrected chi connectivity index (χ1v) is 8.58. The predicted molar refractivity (Wildman–Crippen MR) is 86.8 cm³/mol. The van der Waals surface area contributed by atoms with Crippen molar-refractivity contribution in [3.05, 3.63) is 58.3 Å². The summed E-state index contributed by atoms with van der Waals surface area (Å²) in [6.07, 6.45) is 3.25. The van der Waals surface area contributed by atoms with Crippen LogP contribution in [0.15, 0.2) is 47.2 Å². The van der Waals surface area contributed by atoms with Gasteiger partial charge in [0, 0.05) is 18.6 Å². The molecule has 0 saturated carbocycles. The molecule has 112 valence electrons. The first-order valence-electron chi connectivity index (χ1n) is 7.64. The van der Waals surface area contributed by atoms with E-state index in [1.54, 1.807) is 11.3 Å². The average molecular weight is 302 g/mol. The van der Waals surface area contributed by atoms with Gasteiger partial charge in [-0.05, 0) is 53.6 Å². The standard InChI is InChI=1S/C18H22O2S/c19-17(7-6-15-8-13-21-14-15)18(9-11-20-12-10-18)16-4-2-1-3-5-16/h1-5,8,13-14,17,19H,6-7,9-12H2. The predicted octanol–water partition coefficient (Wildman–Crippen LogP) is 3.79. The number of hydrogen-bond donors (Lipinski definition) is 1. The maximum absolute atomic E-state index is 10.9. The molecule has 1 atom stereocenters. The fraction of sp³-hybridized carbons (Fsp3) is 0.444. The normalized spacial score (nSPS) is 19.3. The van der Waals surface area contributed by atoms with Gasteiger partial charge in [0.15, 0.2) is 0 Å². The fourth-order valence-electron chi connectivity index (χ4n) is 3.33. The number of aryl methyl sites for hydroxylation is 1. The van der Waals surface area contributed by atoms with Gasteiger partial charge in [0.1, 0.15) is 0 Å². The van der Waals surface area contributed by atoms with Gasteiger partial charge in [-0.2, -0.15) is 11.3 Å². The van der Waals surface area contributed by atoms with Crippen LogP contribution in [0.3, 0.4) is 0 Å². The summed E-state index contributed by atoms with van der Waals surface area (Å²) in [6.45, 7) is 1.48. The number of benzene rings is 1. The Morgan fingerprint density at radius 3 is 2.57 bits per heavy atom. The first kappa shape index (κ1) is 14.8. The Kier molecular flexibility index (Phi) is 4.73. The Morgan fingerprint density at radius 2 is 1.90 bits per heavy atom. The van der Waals surface area contributed by atoms with Crippen molar-refractivity contribution < 1.29 is 9.84 Å². The van der Waals surface area contributed by atoms with Gasteiger partial charge in [0.2, 0.25) is 0 Å². The molecule has 3 heteroatoms. The molecule has 0 aliphatic carbocycles. The second-order valence-electron chi connectivity index (χ2n) is 5.82. The molecule has 3 rings (SSSR count). The molecule has 1 fully saturated rings. The highest BCUT2D eigenvalue weighted by Crippen LogP contribution is 2.39. The van der Waals surface area contributed by atoms with Gasteiger partial charge < -0.3 is 9.84 Å². The molecule has 1 aliphatic heterocycles. The van der Waals surface area contributed by atoms with E-state index >= 15 is 0 Å². The van der Waals surface area contributed by atoms with E-state index in [0.717, 1.165) is 38.9 Å². The van der Waals surface area contributed by atoms with Crippen molar-refractivity contribution in [2.75, 3.05) is 13.2 Å². The van der Waals surface area contributed by atoms with Gasteiger partial charge >= 0.3 is 0 Å². The molecule has 1 unspecified atom stereocenters. The number of rotatable bonds is 5. The molecule has 0 amide bonds. The highest BCUT2D eigenvalue weighted by molar-refractivity contribution is 7.07. The van der Waals surface area contributed by atoms with Crippen LogP contribution in [-0.4, -0.2) is 24.4 Å². The van der Waals surface area contributed by atoms with Crippen LogP contribution in [0.1, 0.15) is 30.4 Å². The lowest BCUT2D eigenvalue weighted by molar-refractivity contribution is -0.0187. The molecule has 0 radical (unpaired) electrons. The number of thiophene rings is 1. The topological polar surface area (TPSA) is 29.5 Å². The van der Waals surface area contributed by atoms with Crippen LogP contribution in [0, 0.1) is 0 Å². The van der Waals surface area contributed by atoms with Crippen molar-refractivity contribution in [2.24, 2.45) is 0 Å². The Morgan fingerprint density at radius 1 is 1.14 bits per heavy atom. The largest absolute Gasteiger partial charge is 0.392 e. The Balaban J connectivity index is 1.78. The number of hydrogen-bond acceptors (Lipinski definition) is 3. The van der Waals surface area contributed by atoms with Crippen molar-refractivity contribution in [1.29, 1.82) is 0 Å². The van der Waals surface area contributed by atoms with E-state index < -0.39 is 0 Å². The highest BCUT2D eigenvalue weighted by atomic mass is 32.1. The molecule has 1 N–H and O–H groups in total. The second kappa shape index (κ2) is 6.73. The van der Waals surface area contributed by atoms with E-state index in [1.807, 2.05) is 6.07 Å². The van der Waals surface area contributed by atoms with Gasteiger partial charge in [0.25, 0.3) is 0 Å². The third-order valence-corrected chi connectivity index (χ3v) is 5.39. The quantitative estimate of drug-likeness (QED) is 0.910. The second-order valence-corrected chi connectivity index (χ2v) is 6.60. The van der Waals surface area contributed by atoms with Crippen LogP contribution in [0.4, 0.5) is 0 Å². The van der Waals surface area contributed by atoms with Crippen LogP contribution in [-0.2, 0) is 16.6 Å². The van der Waals surface area contributed by atoms with Gasteiger partial charge in [-0.3, -0.25) is 0 Å². The lowest BCUT2D eigenvalue weighted by Crippen LogP contribution is -2.44. The molecule has 2 nitrogen and oxygen atoms in total. The van der Waals surface area contributed by atoms with Gasteiger partial charge in [-0.15, -0.1) is 0 Å². The molecule has 2 heterocycles. The summed E-state index contributed by atoms with van der Waals surface area (Å²) in [5.41, 5.74) is 2.44.